The minimum Gasteiger partial charge on any atom is -0.393 e. The van der Waals surface area contributed by atoms with E-state index in [1.165, 1.54) is 10.3 Å². The van der Waals surface area contributed by atoms with Gasteiger partial charge in [0.25, 0.3) is 0 Å². The standard InChI is InChI=1S/C16H22N2OS/c1-11(17-9-12-2-4-14(19)5-3-12)13-8-16-15(18-10-13)6-7-20-16/h6-8,10-12,14,17,19H,2-5,9H2,1H3. The van der Waals surface area contributed by atoms with Crippen molar-refractivity contribution in [2.45, 2.75) is 44.8 Å². The molecule has 20 heavy (non-hydrogen) atoms. The first kappa shape index (κ1) is 14.0. The van der Waals surface area contributed by atoms with Crippen LogP contribution < -0.4 is 5.32 Å². The number of aromatic nitrogens is 1. The third kappa shape index (κ3) is 3.19. The zero-order valence-electron chi connectivity index (χ0n) is 11.9. The highest BCUT2D eigenvalue weighted by molar-refractivity contribution is 7.17. The molecule has 1 aliphatic carbocycles. The molecule has 0 spiro atoms. The van der Waals surface area contributed by atoms with Crippen molar-refractivity contribution in [2.24, 2.45) is 5.92 Å². The van der Waals surface area contributed by atoms with Gasteiger partial charge >= 0.3 is 0 Å². The summed E-state index contributed by atoms with van der Waals surface area (Å²) in [7, 11) is 0. The van der Waals surface area contributed by atoms with Gasteiger partial charge in [0.2, 0.25) is 0 Å². The molecule has 1 saturated carbocycles. The molecule has 0 bridgehead atoms. The summed E-state index contributed by atoms with van der Waals surface area (Å²) < 4.78 is 1.26. The third-order valence-corrected chi connectivity index (χ3v) is 5.21. The summed E-state index contributed by atoms with van der Waals surface area (Å²) in [5.74, 6) is 0.708. The highest BCUT2D eigenvalue weighted by Crippen LogP contribution is 2.25. The number of thiophene rings is 1. The Morgan fingerprint density at radius 1 is 1.40 bits per heavy atom. The highest BCUT2D eigenvalue weighted by Gasteiger charge is 2.19. The third-order valence-electron chi connectivity index (χ3n) is 4.35. The molecule has 0 radical (unpaired) electrons. The smallest absolute Gasteiger partial charge is 0.0809 e. The van der Waals surface area contributed by atoms with Crippen molar-refractivity contribution < 1.29 is 5.11 Å². The lowest BCUT2D eigenvalue weighted by atomic mass is 9.87. The molecule has 4 heteroatoms. The molecule has 3 rings (SSSR count). The van der Waals surface area contributed by atoms with Gasteiger partial charge in [0.15, 0.2) is 0 Å². The Morgan fingerprint density at radius 3 is 3.00 bits per heavy atom. The molecule has 0 aliphatic heterocycles. The first-order valence-electron chi connectivity index (χ1n) is 7.47. The molecule has 0 saturated heterocycles. The van der Waals surface area contributed by atoms with Crippen LogP contribution in [0.25, 0.3) is 10.2 Å². The summed E-state index contributed by atoms with van der Waals surface area (Å²) >= 11 is 1.75. The molecule has 0 aromatic carbocycles. The SMILES string of the molecule is CC(NCC1CCC(O)CC1)c1cnc2ccsc2c1. The summed E-state index contributed by atoms with van der Waals surface area (Å²) in [6.45, 7) is 3.24. The van der Waals surface area contributed by atoms with Crippen LogP contribution in [0.3, 0.4) is 0 Å². The van der Waals surface area contributed by atoms with E-state index in [1.807, 2.05) is 6.20 Å². The average molecular weight is 290 g/mol. The second-order valence-corrected chi connectivity index (χ2v) is 6.82. The number of hydrogen-bond acceptors (Lipinski definition) is 4. The number of nitrogens with zero attached hydrogens (tertiary/aromatic N) is 1. The second-order valence-electron chi connectivity index (χ2n) is 5.88. The Balaban J connectivity index is 1.57. The normalized spacial score (nSPS) is 24.9. The van der Waals surface area contributed by atoms with Gasteiger partial charge in [-0.2, -0.15) is 0 Å². The van der Waals surface area contributed by atoms with Gasteiger partial charge in [0.05, 0.1) is 16.3 Å². The molecule has 2 N–H and O–H groups in total. The number of nitrogens with one attached hydrogen (secondary N) is 1. The summed E-state index contributed by atoms with van der Waals surface area (Å²) in [5.41, 5.74) is 2.35. The van der Waals surface area contributed by atoms with Gasteiger partial charge in [0.1, 0.15) is 0 Å². The number of hydrogen-bond donors (Lipinski definition) is 2. The monoisotopic (exact) mass is 290 g/mol. The van der Waals surface area contributed by atoms with E-state index in [1.54, 1.807) is 11.3 Å². The maximum absolute atomic E-state index is 9.54. The predicted molar refractivity (Wildman–Crippen MR) is 84.0 cm³/mol. The molecule has 1 unspecified atom stereocenters. The molecule has 108 valence electrons. The van der Waals surface area contributed by atoms with E-state index in [-0.39, 0.29) is 6.10 Å². The number of pyridine rings is 1. The first-order valence-corrected chi connectivity index (χ1v) is 8.35. The van der Waals surface area contributed by atoms with Crippen LogP contribution in [-0.4, -0.2) is 22.7 Å². The van der Waals surface area contributed by atoms with Crippen molar-refractivity contribution in [1.29, 1.82) is 0 Å². The van der Waals surface area contributed by atoms with Crippen LogP contribution in [0.4, 0.5) is 0 Å². The van der Waals surface area contributed by atoms with E-state index in [9.17, 15) is 5.11 Å². The van der Waals surface area contributed by atoms with E-state index >= 15 is 0 Å². The summed E-state index contributed by atoms with van der Waals surface area (Å²) in [6, 6.07) is 4.64. The fourth-order valence-corrected chi connectivity index (χ4v) is 3.70. The molecule has 1 fully saturated rings. The lowest BCUT2D eigenvalue weighted by Crippen LogP contribution is -2.29. The van der Waals surface area contributed by atoms with Crippen LogP contribution in [0.2, 0.25) is 0 Å². The lowest BCUT2D eigenvalue weighted by Gasteiger charge is -2.27. The molecule has 2 aromatic heterocycles. The quantitative estimate of drug-likeness (QED) is 0.906. The van der Waals surface area contributed by atoms with Crippen LogP contribution in [0.15, 0.2) is 23.7 Å². The second kappa shape index (κ2) is 6.20. The van der Waals surface area contributed by atoms with Crippen molar-refractivity contribution in [1.82, 2.24) is 10.3 Å². The molecule has 0 amide bonds. The van der Waals surface area contributed by atoms with Gasteiger partial charge in [-0.1, -0.05) is 0 Å². The van der Waals surface area contributed by atoms with Crippen molar-refractivity contribution in [2.75, 3.05) is 6.54 Å². The largest absolute Gasteiger partial charge is 0.393 e. The number of aliphatic hydroxyl groups is 1. The van der Waals surface area contributed by atoms with Crippen molar-refractivity contribution >= 4 is 21.6 Å². The maximum atomic E-state index is 9.54. The van der Waals surface area contributed by atoms with E-state index < -0.39 is 0 Å². The average Bonchev–Trinajstić information content (AvgIpc) is 2.93. The maximum Gasteiger partial charge on any atom is 0.0809 e. The summed E-state index contributed by atoms with van der Waals surface area (Å²) in [6.07, 6.45) is 6.13. The fourth-order valence-electron chi connectivity index (χ4n) is 2.91. The van der Waals surface area contributed by atoms with Gasteiger partial charge in [-0.25, -0.2) is 0 Å². The fraction of sp³-hybridized carbons (Fsp3) is 0.562. The topological polar surface area (TPSA) is 45.1 Å². The zero-order valence-corrected chi connectivity index (χ0v) is 12.7. The Hall–Kier alpha value is -0.970. The minimum absolute atomic E-state index is 0.0610. The van der Waals surface area contributed by atoms with E-state index in [0.717, 1.165) is 37.7 Å². The lowest BCUT2D eigenvalue weighted by molar-refractivity contribution is 0.108. The van der Waals surface area contributed by atoms with Crippen molar-refractivity contribution in [3.05, 3.63) is 29.3 Å². The van der Waals surface area contributed by atoms with Crippen LogP contribution in [0.1, 0.15) is 44.2 Å². The Morgan fingerprint density at radius 2 is 2.20 bits per heavy atom. The summed E-state index contributed by atoms with van der Waals surface area (Å²) in [5, 5.41) is 15.2. The molecule has 1 aliphatic rings. The molecule has 3 nitrogen and oxygen atoms in total. The zero-order chi connectivity index (χ0) is 13.9. The number of aliphatic hydroxyl groups excluding tert-OH is 1. The predicted octanol–water partition coefficient (Wildman–Crippen LogP) is 3.50. The molecular formula is C16H22N2OS. The molecular weight excluding hydrogens is 268 g/mol. The first-order chi connectivity index (χ1) is 9.72. The van der Waals surface area contributed by atoms with Crippen molar-refractivity contribution in [3.63, 3.8) is 0 Å². The van der Waals surface area contributed by atoms with E-state index in [4.69, 9.17) is 0 Å². The Labute approximate surface area is 124 Å². The van der Waals surface area contributed by atoms with Crippen LogP contribution >= 0.6 is 11.3 Å². The minimum atomic E-state index is -0.0610. The number of fused-ring (bicyclic) bond motifs is 1. The van der Waals surface area contributed by atoms with Crippen LogP contribution in [0.5, 0.6) is 0 Å². The van der Waals surface area contributed by atoms with Gasteiger partial charge in [-0.15, -0.1) is 11.3 Å². The van der Waals surface area contributed by atoms with E-state index in [2.05, 4.69) is 34.7 Å². The van der Waals surface area contributed by atoms with Crippen LogP contribution in [-0.2, 0) is 0 Å². The number of rotatable bonds is 4. The highest BCUT2D eigenvalue weighted by atomic mass is 32.1. The molecule has 1 atom stereocenters. The Bertz CT molecular complexity index is 560. The summed E-state index contributed by atoms with van der Waals surface area (Å²) in [4.78, 5) is 4.50. The van der Waals surface area contributed by atoms with Gasteiger partial charge in [-0.05, 0) is 68.1 Å². The van der Waals surface area contributed by atoms with Crippen LogP contribution in [0, 0.1) is 5.92 Å². The van der Waals surface area contributed by atoms with Crippen molar-refractivity contribution in [3.8, 4) is 0 Å². The van der Waals surface area contributed by atoms with Gasteiger partial charge in [-0.3, -0.25) is 4.98 Å². The molecule has 2 heterocycles. The molecule has 2 aromatic rings. The Kier molecular flexibility index (Phi) is 4.34. The van der Waals surface area contributed by atoms with E-state index in [0.29, 0.717) is 12.0 Å². The van der Waals surface area contributed by atoms with Gasteiger partial charge < -0.3 is 10.4 Å². The van der Waals surface area contributed by atoms with Gasteiger partial charge in [0, 0.05) is 12.2 Å².